The Labute approximate surface area is 114 Å². The molecule has 6 heteroatoms. The molecule has 0 spiro atoms. The van der Waals surface area contributed by atoms with E-state index in [9.17, 15) is 0 Å². The first kappa shape index (κ1) is 13.3. The van der Waals surface area contributed by atoms with Gasteiger partial charge in [-0.2, -0.15) is 0 Å². The maximum absolute atomic E-state index is 6.06. The summed E-state index contributed by atoms with van der Waals surface area (Å²) in [4.78, 5) is 8.17. The van der Waals surface area contributed by atoms with Gasteiger partial charge >= 0.3 is 0 Å². The average molecular weight is 304 g/mol. The van der Waals surface area contributed by atoms with Crippen molar-refractivity contribution < 1.29 is 17.1 Å². The van der Waals surface area contributed by atoms with Crippen LogP contribution in [0, 0.1) is 0 Å². The summed E-state index contributed by atoms with van der Waals surface area (Å²) >= 11 is 12.0. The molecular weight excluding hydrogens is 297 g/mol. The number of halogens is 2. The fourth-order valence-electron chi connectivity index (χ4n) is 1.10. The van der Waals surface area contributed by atoms with Gasteiger partial charge in [-0.25, -0.2) is 14.4 Å². The van der Waals surface area contributed by atoms with Gasteiger partial charge in [0.15, 0.2) is 5.82 Å². The van der Waals surface area contributed by atoms with Gasteiger partial charge in [0.2, 0.25) is 0 Å². The number of nitrogens with zero attached hydrogens (tertiary/aromatic N) is 3. The van der Waals surface area contributed by atoms with Gasteiger partial charge in [0, 0.05) is 41.2 Å². The van der Waals surface area contributed by atoms with E-state index in [4.69, 9.17) is 23.4 Å². The van der Waals surface area contributed by atoms with E-state index >= 15 is 0 Å². The Bertz CT molecular complexity index is 453. The number of hydrogen-bond donors (Lipinski definition) is 0. The molecule has 1 radical (unpaired) electrons. The van der Waals surface area contributed by atoms with E-state index < -0.39 is 0 Å². The Hall–Kier alpha value is -0.801. The molecule has 0 aliphatic rings. The molecule has 0 unspecified atom stereocenters. The number of aromatic nitrogens is 2. The van der Waals surface area contributed by atoms with Crippen molar-refractivity contribution in [1.29, 1.82) is 0 Å². The van der Waals surface area contributed by atoms with Crippen LogP contribution in [0.3, 0.4) is 0 Å². The maximum Gasteiger partial charge on any atom is 0.168 e. The Morgan fingerprint density at radius 3 is 2.38 bits per heavy atom. The molecule has 0 bridgehead atoms. The van der Waals surface area contributed by atoms with E-state index in [1.54, 1.807) is 30.6 Å². The monoisotopic (exact) mass is 302 g/mol. The number of rotatable bonds is 2. The largest absolute Gasteiger partial charge is 0.238 e. The average Bonchev–Trinajstić information content (AvgIpc) is 2.30. The third-order valence-corrected chi connectivity index (χ3v) is 2.40. The van der Waals surface area contributed by atoms with Crippen molar-refractivity contribution in [2.24, 2.45) is 0 Å². The van der Waals surface area contributed by atoms with Crippen molar-refractivity contribution in [3.05, 3.63) is 47.7 Å². The number of anilines is 2. The zero-order valence-electron chi connectivity index (χ0n) is 7.94. The van der Waals surface area contributed by atoms with Gasteiger partial charge in [-0.1, -0.05) is 17.7 Å². The molecule has 0 aromatic carbocycles. The molecule has 0 atom stereocenters. The zero-order chi connectivity index (χ0) is 10.7. The molecule has 0 aliphatic heterocycles. The molecule has 2 aromatic rings. The van der Waals surface area contributed by atoms with Gasteiger partial charge in [-0.3, -0.25) is 0 Å². The van der Waals surface area contributed by atoms with Crippen LogP contribution in [0.1, 0.15) is 0 Å². The van der Waals surface area contributed by atoms with Crippen LogP contribution >= 0.6 is 23.4 Å². The van der Waals surface area contributed by atoms with E-state index in [2.05, 4.69) is 9.97 Å². The fourth-order valence-corrected chi connectivity index (χ4v) is 1.58. The molecular formula is C10H7Cl2CuN3. The maximum atomic E-state index is 6.06. The molecule has 0 amide bonds. The normalized spacial score (nSPS) is 9.38. The molecule has 2 heterocycles. The molecule has 0 aliphatic carbocycles. The van der Waals surface area contributed by atoms with Crippen LogP contribution in [0.4, 0.5) is 11.6 Å². The molecule has 87 valence electrons. The van der Waals surface area contributed by atoms with E-state index in [1.807, 2.05) is 12.1 Å². The summed E-state index contributed by atoms with van der Waals surface area (Å²) in [5.74, 6) is 1.05. The van der Waals surface area contributed by atoms with Gasteiger partial charge < -0.3 is 0 Å². The first-order valence-corrected chi connectivity index (χ1v) is 4.98. The van der Waals surface area contributed by atoms with E-state index in [0.717, 1.165) is 0 Å². The predicted octanol–water partition coefficient (Wildman–Crippen LogP) is 3.42. The topological polar surface area (TPSA) is 29.0 Å². The van der Waals surface area contributed by atoms with Gasteiger partial charge in [0.1, 0.15) is 5.82 Å². The van der Waals surface area contributed by atoms with E-state index in [-0.39, 0.29) is 17.1 Å². The van der Waals surface area contributed by atoms with Crippen LogP contribution in [0.15, 0.2) is 42.7 Å². The minimum Gasteiger partial charge on any atom is -0.238 e. The zero-order valence-corrected chi connectivity index (χ0v) is 10.4. The van der Waals surface area contributed by atoms with Gasteiger partial charge in [-0.15, -0.1) is 0 Å². The van der Waals surface area contributed by atoms with Crippen LogP contribution in [-0.4, -0.2) is 9.97 Å². The molecule has 3 nitrogen and oxygen atoms in total. The molecule has 16 heavy (non-hydrogen) atoms. The third kappa shape index (κ3) is 2.86. The van der Waals surface area contributed by atoms with Crippen molar-refractivity contribution in [2.75, 3.05) is 4.42 Å². The SMILES string of the molecule is Clc1cccnc1N(Cl)c1ccccn1.[Cu]. The molecule has 0 saturated heterocycles. The second-order valence-corrected chi connectivity index (χ2v) is 3.52. The van der Waals surface area contributed by atoms with Crippen molar-refractivity contribution in [1.82, 2.24) is 9.97 Å². The van der Waals surface area contributed by atoms with Gasteiger partial charge in [0.25, 0.3) is 0 Å². The van der Waals surface area contributed by atoms with E-state index in [0.29, 0.717) is 16.7 Å². The van der Waals surface area contributed by atoms with Crippen LogP contribution < -0.4 is 4.42 Å². The van der Waals surface area contributed by atoms with Gasteiger partial charge in [0.05, 0.1) is 5.02 Å². The van der Waals surface area contributed by atoms with Gasteiger partial charge in [-0.05, 0) is 24.3 Å². The molecule has 2 aromatic heterocycles. The summed E-state index contributed by atoms with van der Waals surface area (Å²) in [6.45, 7) is 0. The Morgan fingerprint density at radius 2 is 1.75 bits per heavy atom. The van der Waals surface area contributed by atoms with Crippen molar-refractivity contribution in [3.8, 4) is 0 Å². The van der Waals surface area contributed by atoms with Crippen molar-refractivity contribution in [2.45, 2.75) is 0 Å². The summed E-state index contributed by atoms with van der Waals surface area (Å²) in [5, 5.41) is 0.484. The molecule has 2 rings (SSSR count). The summed E-state index contributed by atoms with van der Waals surface area (Å²) in [7, 11) is 0. The first-order chi connectivity index (χ1) is 7.29. The third-order valence-electron chi connectivity index (χ3n) is 1.78. The fraction of sp³-hybridized carbons (Fsp3) is 0. The summed E-state index contributed by atoms with van der Waals surface area (Å²) in [6, 6.07) is 8.90. The number of pyridine rings is 2. The van der Waals surface area contributed by atoms with Crippen LogP contribution in [-0.2, 0) is 17.1 Å². The van der Waals surface area contributed by atoms with Crippen molar-refractivity contribution >= 4 is 35.0 Å². The van der Waals surface area contributed by atoms with Crippen LogP contribution in [0.2, 0.25) is 5.02 Å². The van der Waals surface area contributed by atoms with Crippen LogP contribution in [0.25, 0.3) is 0 Å². The Morgan fingerprint density at radius 1 is 1.00 bits per heavy atom. The standard InChI is InChI=1S/C10H7Cl2N3.Cu/c11-8-4-3-7-14-10(8)15(12)9-5-1-2-6-13-9;/h1-7H;. The second kappa shape index (κ2) is 6.06. The first-order valence-electron chi connectivity index (χ1n) is 4.26. The Kier molecular flexibility index (Phi) is 5.03. The van der Waals surface area contributed by atoms with E-state index in [1.165, 1.54) is 4.42 Å². The quantitative estimate of drug-likeness (QED) is 0.629. The molecule has 0 fully saturated rings. The summed E-state index contributed by atoms with van der Waals surface area (Å²) in [6.07, 6.45) is 3.28. The number of hydrogen-bond acceptors (Lipinski definition) is 3. The summed E-state index contributed by atoms with van der Waals surface area (Å²) < 4.78 is 1.32. The predicted molar refractivity (Wildman–Crippen MR) is 61.5 cm³/mol. The molecule has 0 saturated carbocycles. The minimum atomic E-state index is 0. The van der Waals surface area contributed by atoms with Crippen molar-refractivity contribution in [3.63, 3.8) is 0 Å². The minimum absolute atomic E-state index is 0. The Balaban J connectivity index is 0.00000128. The summed E-state index contributed by atoms with van der Waals surface area (Å²) in [5.41, 5.74) is 0. The van der Waals surface area contributed by atoms with Crippen LogP contribution in [0.5, 0.6) is 0 Å². The second-order valence-electron chi connectivity index (χ2n) is 2.78. The smallest absolute Gasteiger partial charge is 0.168 e. The molecule has 0 N–H and O–H groups in total.